The van der Waals surface area contributed by atoms with Crippen LogP contribution in [-0.4, -0.2) is 33.9 Å². The molecular formula is C17H21N3O5. The van der Waals surface area contributed by atoms with Gasteiger partial charge in [-0.05, 0) is 51.0 Å². The molecule has 8 heteroatoms. The number of aryl methyl sites for hydroxylation is 3. The quantitative estimate of drug-likeness (QED) is 0.331. The first-order valence-corrected chi connectivity index (χ1v) is 7.83. The highest BCUT2D eigenvalue weighted by atomic mass is 16.6. The molecule has 2 rings (SSSR count). The Balaban J connectivity index is 1.83. The van der Waals surface area contributed by atoms with Gasteiger partial charge in [-0.2, -0.15) is 5.10 Å². The van der Waals surface area contributed by atoms with Crippen molar-refractivity contribution >= 4 is 11.7 Å². The zero-order valence-electron chi connectivity index (χ0n) is 14.7. The van der Waals surface area contributed by atoms with E-state index in [0.29, 0.717) is 5.69 Å². The summed E-state index contributed by atoms with van der Waals surface area (Å²) in [6.45, 7) is 7.18. The number of nitrogens with zero attached hydrogens (tertiary/aromatic N) is 3. The van der Waals surface area contributed by atoms with Crippen molar-refractivity contribution in [3.05, 3.63) is 50.8 Å². The highest BCUT2D eigenvalue weighted by Gasteiger charge is 2.22. The normalized spacial score (nSPS) is 10.6. The number of nitro groups is 1. The Morgan fingerprint density at radius 1 is 1.16 bits per heavy atom. The minimum atomic E-state index is -0.524. The number of hydrogen-bond donors (Lipinski definition) is 0. The Labute approximate surface area is 145 Å². The number of benzene rings is 1. The van der Waals surface area contributed by atoms with E-state index in [1.54, 1.807) is 6.92 Å². The molecule has 0 atom stereocenters. The molecule has 8 nitrogen and oxygen atoms in total. The standard InChI is InChI=1S/C17H21N3O5/c1-11-7-12(2)9-15(8-11)24-5-6-25-16(21)10-19-14(4)17(20(22)23)13(3)18-19/h7-9H,5-6,10H2,1-4H3. The molecular weight excluding hydrogens is 326 g/mol. The maximum atomic E-state index is 11.9. The van der Waals surface area contributed by atoms with Crippen LogP contribution in [0.2, 0.25) is 0 Å². The molecule has 1 aromatic heterocycles. The van der Waals surface area contributed by atoms with Crippen molar-refractivity contribution in [1.82, 2.24) is 9.78 Å². The number of carbonyl (C=O) groups is 1. The predicted molar refractivity (Wildman–Crippen MR) is 90.7 cm³/mol. The van der Waals surface area contributed by atoms with Gasteiger partial charge in [0, 0.05) is 0 Å². The number of carbonyl (C=O) groups excluding carboxylic acids is 1. The average molecular weight is 347 g/mol. The van der Waals surface area contributed by atoms with Gasteiger partial charge in [0.25, 0.3) is 0 Å². The van der Waals surface area contributed by atoms with Gasteiger partial charge in [-0.25, -0.2) is 0 Å². The zero-order valence-corrected chi connectivity index (χ0v) is 14.7. The van der Waals surface area contributed by atoms with Crippen LogP contribution in [-0.2, 0) is 16.1 Å². The van der Waals surface area contributed by atoms with Crippen LogP contribution < -0.4 is 4.74 Å². The summed E-state index contributed by atoms with van der Waals surface area (Å²) < 4.78 is 11.9. The molecule has 2 aromatic rings. The third-order valence-electron chi connectivity index (χ3n) is 3.62. The third-order valence-corrected chi connectivity index (χ3v) is 3.62. The van der Waals surface area contributed by atoms with Gasteiger partial charge in [-0.15, -0.1) is 0 Å². The maximum Gasteiger partial charge on any atom is 0.327 e. The summed E-state index contributed by atoms with van der Waals surface area (Å²) >= 11 is 0. The van der Waals surface area contributed by atoms with Gasteiger partial charge in [0.05, 0.1) is 4.92 Å². The first kappa shape index (κ1) is 18.4. The van der Waals surface area contributed by atoms with E-state index in [1.165, 1.54) is 11.6 Å². The molecule has 0 amide bonds. The van der Waals surface area contributed by atoms with Gasteiger partial charge in [0.2, 0.25) is 0 Å². The predicted octanol–water partition coefficient (Wildman–Crippen LogP) is 2.65. The van der Waals surface area contributed by atoms with Crippen molar-refractivity contribution in [3.8, 4) is 5.75 Å². The highest BCUT2D eigenvalue weighted by molar-refractivity contribution is 5.69. The fourth-order valence-electron chi connectivity index (χ4n) is 2.60. The molecule has 0 aliphatic rings. The molecule has 25 heavy (non-hydrogen) atoms. The van der Waals surface area contributed by atoms with Crippen molar-refractivity contribution in [2.24, 2.45) is 0 Å². The summed E-state index contributed by atoms with van der Waals surface area (Å²) in [5.41, 5.74) is 2.71. The molecule has 0 fully saturated rings. The molecule has 1 heterocycles. The topological polar surface area (TPSA) is 96.5 Å². The van der Waals surface area contributed by atoms with Crippen molar-refractivity contribution in [1.29, 1.82) is 0 Å². The molecule has 0 radical (unpaired) electrons. The summed E-state index contributed by atoms with van der Waals surface area (Å²) in [7, 11) is 0. The lowest BCUT2D eigenvalue weighted by Gasteiger charge is -2.09. The van der Waals surface area contributed by atoms with E-state index in [4.69, 9.17) is 9.47 Å². The monoisotopic (exact) mass is 347 g/mol. The van der Waals surface area contributed by atoms with Crippen LogP contribution in [0.25, 0.3) is 0 Å². The zero-order chi connectivity index (χ0) is 18.6. The largest absolute Gasteiger partial charge is 0.490 e. The maximum absolute atomic E-state index is 11.9. The Morgan fingerprint density at radius 2 is 1.80 bits per heavy atom. The average Bonchev–Trinajstić information content (AvgIpc) is 2.77. The van der Waals surface area contributed by atoms with Crippen LogP contribution in [0.5, 0.6) is 5.75 Å². The van der Waals surface area contributed by atoms with Crippen molar-refractivity contribution < 1.29 is 19.2 Å². The minimum Gasteiger partial charge on any atom is -0.490 e. The SMILES string of the molecule is Cc1cc(C)cc(OCCOC(=O)Cn2nc(C)c([N+](=O)[O-])c2C)c1. The van der Waals surface area contributed by atoms with E-state index in [-0.39, 0.29) is 31.1 Å². The summed E-state index contributed by atoms with van der Waals surface area (Å²) in [5, 5.41) is 15.0. The van der Waals surface area contributed by atoms with Gasteiger partial charge in [0.15, 0.2) is 0 Å². The van der Waals surface area contributed by atoms with Gasteiger partial charge >= 0.3 is 11.7 Å². The second-order valence-electron chi connectivity index (χ2n) is 5.83. The van der Waals surface area contributed by atoms with Gasteiger partial charge in [-0.1, -0.05) is 6.07 Å². The lowest BCUT2D eigenvalue weighted by molar-refractivity contribution is -0.386. The molecule has 0 aliphatic heterocycles. The minimum absolute atomic E-state index is 0.0778. The van der Waals surface area contributed by atoms with E-state index in [9.17, 15) is 14.9 Å². The van der Waals surface area contributed by atoms with Crippen LogP contribution in [0, 0.1) is 37.8 Å². The second-order valence-corrected chi connectivity index (χ2v) is 5.83. The number of aromatic nitrogens is 2. The molecule has 0 spiro atoms. The third kappa shape index (κ3) is 4.79. The molecule has 134 valence electrons. The Morgan fingerprint density at radius 3 is 2.36 bits per heavy atom. The number of ether oxygens (including phenoxy) is 2. The highest BCUT2D eigenvalue weighted by Crippen LogP contribution is 2.21. The van der Waals surface area contributed by atoms with Crippen molar-refractivity contribution in [3.63, 3.8) is 0 Å². The first-order valence-electron chi connectivity index (χ1n) is 7.83. The smallest absolute Gasteiger partial charge is 0.327 e. The number of rotatable bonds is 7. The molecule has 0 aliphatic carbocycles. The number of hydrogen-bond acceptors (Lipinski definition) is 6. The molecule has 1 aromatic carbocycles. The Hall–Kier alpha value is -2.90. The number of esters is 1. The lowest BCUT2D eigenvalue weighted by atomic mass is 10.1. The molecule has 0 N–H and O–H groups in total. The molecule has 0 saturated heterocycles. The molecule has 0 unspecified atom stereocenters. The first-order chi connectivity index (χ1) is 11.8. The second kappa shape index (κ2) is 7.78. The van der Waals surface area contributed by atoms with Crippen LogP contribution >= 0.6 is 0 Å². The van der Waals surface area contributed by atoms with E-state index < -0.39 is 10.9 Å². The van der Waals surface area contributed by atoms with Gasteiger partial charge < -0.3 is 9.47 Å². The molecule has 0 bridgehead atoms. The van der Waals surface area contributed by atoms with Crippen molar-refractivity contribution in [2.45, 2.75) is 34.2 Å². The fourth-order valence-corrected chi connectivity index (χ4v) is 2.60. The fraction of sp³-hybridized carbons (Fsp3) is 0.412. The van der Waals surface area contributed by atoms with E-state index in [1.807, 2.05) is 32.0 Å². The van der Waals surface area contributed by atoms with E-state index in [0.717, 1.165) is 16.9 Å². The van der Waals surface area contributed by atoms with Gasteiger partial charge in [-0.3, -0.25) is 19.6 Å². The summed E-state index contributed by atoms with van der Waals surface area (Å²) in [4.78, 5) is 22.3. The van der Waals surface area contributed by atoms with Crippen molar-refractivity contribution in [2.75, 3.05) is 13.2 Å². The van der Waals surface area contributed by atoms with Crippen LogP contribution in [0.3, 0.4) is 0 Å². The summed E-state index contributed by atoms with van der Waals surface area (Å²) in [6, 6.07) is 5.86. The molecule has 0 saturated carbocycles. The lowest BCUT2D eigenvalue weighted by Crippen LogP contribution is -2.18. The summed E-state index contributed by atoms with van der Waals surface area (Å²) in [6.07, 6.45) is 0. The summed E-state index contributed by atoms with van der Waals surface area (Å²) in [5.74, 6) is 0.201. The van der Waals surface area contributed by atoms with E-state index >= 15 is 0 Å². The van der Waals surface area contributed by atoms with E-state index in [2.05, 4.69) is 5.10 Å². The Bertz CT molecular complexity index is 778. The Kier molecular flexibility index (Phi) is 5.74. The van der Waals surface area contributed by atoms with Gasteiger partial charge in [0.1, 0.15) is 36.9 Å². The van der Waals surface area contributed by atoms with Crippen LogP contribution in [0.4, 0.5) is 5.69 Å². The van der Waals surface area contributed by atoms with Crippen LogP contribution in [0.15, 0.2) is 18.2 Å². The van der Waals surface area contributed by atoms with Crippen LogP contribution in [0.1, 0.15) is 22.5 Å².